The van der Waals surface area contributed by atoms with Crippen molar-refractivity contribution in [2.45, 2.75) is 52.1 Å². The first-order chi connectivity index (χ1) is 8.44. The number of likely N-dealkylation sites (N-methyl/N-ethyl adjacent to an activating group) is 1. The molecule has 0 saturated heterocycles. The predicted octanol–water partition coefficient (Wildman–Crippen LogP) is 3.39. The Morgan fingerprint density at radius 1 is 1.44 bits per heavy atom. The molecule has 1 atom stereocenters. The van der Waals surface area contributed by atoms with Crippen LogP contribution in [-0.2, 0) is 6.42 Å². The van der Waals surface area contributed by atoms with E-state index < -0.39 is 0 Å². The third-order valence-corrected chi connectivity index (χ3v) is 4.68. The van der Waals surface area contributed by atoms with Crippen LogP contribution in [0.4, 0.5) is 0 Å². The Hall–Kier alpha value is -0.380. The molecule has 18 heavy (non-hydrogen) atoms. The van der Waals surface area contributed by atoms with Crippen molar-refractivity contribution in [3.63, 3.8) is 0 Å². The largest absolute Gasteiger partial charge is 0.311 e. The van der Waals surface area contributed by atoms with Crippen LogP contribution in [-0.4, -0.2) is 36.6 Å². The minimum absolute atomic E-state index is 0.262. The highest BCUT2D eigenvalue weighted by Gasteiger charge is 2.15. The summed E-state index contributed by atoms with van der Waals surface area (Å²) in [5.74, 6) is 0. The van der Waals surface area contributed by atoms with Crippen molar-refractivity contribution in [3.05, 3.63) is 22.4 Å². The van der Waals surface area contributed by atoms with Gasteiger partial charge in [-0.3, -0.25) is 0 Å². The van der Waals surface area contributed by atoms with Gasteiger partial charge in [0.2, 0.25) is 0 Å². The molecule has 0 aliphatic heterocycles. The van der Waals surface area contributed by atoms with E-state index >= 15 is 0 Å². The molecule has 0 saturated carbocycles. The molecule has 0 radical (unpaired) electrons. The number of rotatable bonds is 8. The third kappa shape index (κ3) is 5.51. The first kappa shape index (κ1) is 15.7. The molecule has 0 aliphatic rings. The second-order valence-electron chi connectivity index (χ2n) is 5.78. The van der Waals surface area contributed by atoms with Gasteiger partial charge >= 0.3 is 0 Å². The van der Waals surface area contributed by atoms with Crippen LogP contribution in [0.25, 0.3) is 0 Å². The molecule has 0 fully saturated rings. The maximum Gasteiger partial charge on any atom is 0.0123 e. The first-order valence-corrected chi connectivity index (χ1v) is 7.80. The minimum Gasteiger partial charge on any atom is -0.311 e. The van der Waals surface area contributed by atoms with Crippen LogP contribution < -0.4 is 5.32 Å². The predicted molar refractivity (Wildman–Crippen MR) is 82.5 cm³/mol. The Bertz CT molecular complexity index is 319. The van der Waals surface area contributed by atoms with E-state index in [1.807, 2.05) is 11.3 Å². The number of hydrogen-bond donors (Lipinski definition) is 1. The van der Waals surface area contributed by atoms with Gasteiger partial charge in [0.1, 0.15) is 0 Å². The van der Waals surface area contributed by atoms with Gasteiger partial charge in [0, 0.05) is 29.5 Å². The molecule has 0 spiro atoms. The zero-order valence-electron chi connectivity index (χ0n) is 12.5. The van der Waals surface area contributed by atoms with Crippen molar-refractivity contribution in [2.24, 2.45) is 0 Å². The lowest BCUT2D eigenvalue weighted by molar-refractivity contribution is 0.243. The topological polar surface area (TPSA) is 15.3 Å². The molecule has 0 amide bonds. The number of nitrogens with one attached hydrogen (secondary N) is 1. The highest BCUT2D eigenvalue weighted by Crippen LogP contribution is 2.13. The summed E-state index contributed by atoms with van der Waals surface area (Å²) < 4.78 is 0. The summed E-state index contributed by atoms with van der Waals surface area (Å²) in [7, 11) is 2.22. The molecule has 1 aromatic rings. The molecule has 0 aromatic carbocycles. The Kier molecular flexibility index (Phi) is 6.33. The van der Waals surface area contributed by atoms with Crippen LogP contribution in [0.5, 0.6) is 0 Å². The van der Waals surface area contributed by atoms with Crippen LogP contribution in [0.15, 0.2) is 17.5 Å². The van der Waals surface area contributed by atoms with Gasteiger partial charge in [0.05, 0.1) is 0 Å². The van der Waals surface area contributed by atoms with Gasteiger partial charge in [-0.1, -0.05) is 13.0 Å². The van der Waals surface area contributed by atoms with E-state index in [1.54, 1.807) is 0 Å². The summed E-state index contributed by atoms with van der Waals surface area (Å²) in [6, 6.07) is 4.97. The van der Waals surface area contributed by atoms with E-state index in [0.29, 0.717) is 6.04 Å². The zero-order valence-corrected chi connectivity index (χ0v) is 13.3. The van der Waals surface area contributed by atoms with Gasteiger partial charge in [-0.2, -0.15) is 0 Å². The van der Waals surface area contributed by atoms with Gasteiger partial charge < -0.3 is 10.2 Å². The monoisotopic (exact) mass is 268 g/mol. The van der Waals surface area contributed by atoms with Crippen molar-refractivity contribution in [1.82, 2.24) is 10.2 Å². The number of nitrogens with zero attached hydrogens (tertiary/aromatic N) is 1. The molecule has 1 heterocycles. The summed E-state index contributed by atoms with van der Waals surface area (Å²) in [6.45, 7) is 11.2. The second kappa shape index (κ2) is 7.27. The van der Waals surface area contributed by atoms with Gasteiger partial charge in [-0.05, 0) is 52.1 Å². The van der Waals surface area contributed by atoms with Crippen molar-refractivity contribution in [1.29, 1.82) is 0 Å². The fraction of sp³-hybridized carbons (Fsp3) is 0.733. The molecule has 2 nitrogen and oxygen atoms in total. The van der Waals surface area contributed by atoms with E-state index in [2.05, 4.69) is 62.5 Å². The van der Waals surface area contributed by atoms with Gasteiger partial charge in [0.25, 0.3) is 0 Å². The highest BCUT2D eigenvalue weighted by atomic mass is 32.1. The molecule has 1 unspecified atom stereocenters. The van der Waals surface area contributed by atoms with Gasteiger partial charge in [-0.25, -0.2) is 0 Å². The van der Waals surface area contributed by atoms with Crippen molar-refractivity contribution < 1.29 is 0 Å². The molecule has 0 aliphatic carbocycles. The Morgan fingerprint density at radius 2 is 2.17 bits per heavy atom. The van der Waals surface area contributed by atoms with E-state index in [4.69, 9.17) is 0 Å². The Labute approximate surface area is 116 Å². The Balaban J connectivity index is 2.25. The SMILES string of the molecule is CCC(C)(C)NCCN(C)C(C)Cc1cccs1. The normalized spacial score (nSPS) is 14.1. The van der Waals surface area contributed by atoms with Crippen LogP contribution in [0, 0.1) is 0 Å². The van der Waals surface area contributed by atoms with E-state index in [-0.39, 0.29) is 5.54 Å². The average Bonchev–Trinajstić information content (AvgIpc) is 2.81. The molecular weight excluding hydrogens is 240 g/mol. The third-order valence-electron chi connectivity index (χ3n) is 3.78. The Morgan fingerprint density at radius 3 is 2.72 bits per heavy atom. The minimum atomic E-state index is 0.262. The molecule has 104 valence electrons. The fourth-order valence-electron chi connectivity index (χ4n) is 1.79. The maximum absolute atomic E-state index is 3.61. The highest BCUT2D eigenvalue weighted by molar-refractivity contribution is 7.09. The summed E-state index contributed by atoms with van der Waals surface area (Å²) in [5.41, 5.74) is 0.262. The van der Waals surface area contributed by atoms with E-state index in [0.717, 1.165) is 19.5 Å². The van der Waals surface area contributed by atoms with Crippen molar-refractivity contribution in [2.75, 3.05) is 20.1 Å². The lowest BCUT2D eigenvalue weighted by Gasteiger charge is -2.29. The smallest absolute Gasteiger partial charge is 0.0123 e. The quantitative estimate of drug-likeness (QED) is 0.777. The van der Waals surface area contributed by atoms with Crippen molar-refractivity contribution in [3.8, 4) is 0 Å². The standard InChI is InChI=1S/C15H28N2S/c1-6-15(3,4)16-9-10-17(5)13(2)12-14-8-7-11-18-14/h7-8,11,13,16H,6,9-10,12H2,1-5H3. The van der Waals surface area contributed by atoms with Crippen LogP contribution >= 0.6 is 11.3 Å². The van der Waals surface area contributed by atoms with Crippen LogP contribution in [0.2, 0.25) is 0 Å². The average molecular weight is 268 g/mol. The molecule has 1 aromatic heterocycles. The van der Waals surface area contributed by atoms with Crippen molar-refractivity contribution >= 4 is 11.3 Å². The summed E-state index contributed by atoms with van der Waals surface area (Å²) in [5, 5.41) is 5.77. The lowest BCUT2D eigenvalue weighted by Crippen LogP contribution is -2.44. The maximum atomic E-state index is 3.61. The first-order valence-electron chi connectivity index (χ1n) is 6.92. The fourth-order valence-corrected chi connectivity index (χ4v) is 2.62. The van der Waals surface area contributed by atoms with Crippen LogP contribution in [0.1, 0.15) is 39.0 Å². The van der Waals surface area contributed by atoms with E-state index in [1.165, 1.54) is 11.3 Å². The number of hydrogen-bond acceptors (Lipinski definition) is 3. The molecule has 0 bridgehead atoms. The van der Waals surface area contributed by atoms with Gasteiger partial charge in [-0.15, -0.1) is 11.3 Å². The summed E-state index contributed by atoms with van der Waals surface area (Å²) >= 11 is 1.86. The van der Waals surface area contributed by atoms with Gasteiger partial charge in [0.15, 0.2) is 0 Å². The molecule has 1 N–H and O–H groups in total. The summed E-state index contributed by atoms with van der Waals surface area (Å²) in [6.07, 6.45) is 2.33. The zero-order chi connectivity index (χ0) is 13.6. The summed E-state index contributed by atoms with van der Waals surface area (Å²) in [4.78, 5) is 3.93. The molecule has 1 rings (SSSR count). The second-order valence-corrected chi connectivity index (χ2v) is 6.81. The molecular formula is C15H28N2S. The molecule has 3 heteroatoms. The van der Waals surface area contributed by atoms with Crippen LogP contribution in [0.3, 0.4) is 0 Å². The van der Waals surface area contributed by atoms with E-state index in [9.17, 15) is 0 Å². The lowest BCUT2D eigenvalue weighted by atomic mass is 10.0. The number of thiophene rings is 1.